The third-order valence-electron chi connectivity index (χ3n) is 3.85. The second-order valence-electron chi connectivity index (χ2n) is 5.97. The molecule has 0 saturated carbocycles. The minimum absolute atomic E-state index is 0.0475. The molecule has 0 aliphatic carbocycles. The highest BCUT2D eigenvalue weighted by Gasteiger charge is 2.24. The SMILES string of the molecule is COC(=O)C[C@H](Cc1cc(F)c(F)cc1F)NS(=O)(=O)c1ccc(C)cc1. The Morgan fingerprint density at radius 2 is 1.67 bits per heavy atom. The molecule has 0 bridgehead atoms. The number of carbonyl (C=O) groups excluding carboxylic acids is 1. The van der Waals surface area contributed by atoms with Crippen LogP contribution in [0.2, 0.25) is 0 Å². The summed E-state index contributed by atoms with van der Waals surface area (Å²) in [5, 5.41) is 0. The quantitative estimate of drug-likeness (QED) is 0.572. The van der Waals surface area contributed by atoms with Gasteiger partial charge in [0.05, 0.1) is 18.4 Å². The molecule has 0 fully saturated rings. The van der Waals surface area contributed by atoms with Gasteiger partial charge in [-0.3, -0.25) is 4.79 Å². The standard InChI is InChI=1S/C18H18F3NO4S/c1-11-3-5-14(6-4-11)27(24,25)22-13(9-18(23)26-2)7-12-8-16(20)17(21)10-15(12)19/h3-6,8,10,13,22H,7,9H2,1-2H3/t13-/m0/s1. The Hall–Kier alpha value is -2.39. The van der Waals surface area contributed by atoms with E-state index in [9.17, 15) is 26.4 Å². The van der Waals surface area contributed by atoms with Crippen molar-refractivity contribution < 1.29 is 31.1 Å². The fraction of sp³-hybridized carbons (Fsp3) is 0.278. The summed E-state index contributed by atoms with van der Waals surface area (Å²) in [4.78, 5) is 11.6. The second-order valence-corrected chi connectivity index (χ2v) is 7.69. The molecule has 2 aromatic carbocycles. The van der Waals surface area contributed by atoms with Crippen LogP contribution in [-0.4, -0.2) is 27.5 Å². The van der Waals surface area contributed by atoms with Crippen molar-refractivity contribution in [3.63, 3.8) is 0 Å². The Balaban J connectivity index is 2.30. The molecule has 2 rings (SSSR count). The van der Waals surface area contributed by atoms with Gasteiger partial charge >= 0.3 is 5.97 Å². The lowest BCUT2D eigenvalue weighted by atomic mass is 10.0. The number of hydrogen-bond acceptors (Lipinski definition) is 4. The molecule has 2 aromatic rings. The van der Waals surface area contributed by atoms with Crippen LogP contribution >= 0.6 is 0 Å². The minimum atomic E-state index is -4.03. The smallest absolute Gasteiger partial charge is 0.307 e. The van der Waals surface area contributed by atoms with E-state index in [1.165, 1.54) is 12.1 Å². The molecule has 5 nitrogen and oxygen atoms in total. The molecule has 0 amide bonds. The van der Waals surface area contributed by atoms with Crippen molar-refractivity contribution in [2.75, 3.05) is 7.11 Å². The van der Waals surface area contributed by atoms with Crippen LogP contribution in [0, 0.1) is 24.4 Å². The number of ether oxygens (including phenoxy) is 1. The van der Waals surface area contributed by atoms with Gasteiger partial charge in [-0.1, -0.05) is 17.7 Å². The highest BCUT2D eigenvalue weighted by atomic mass is 32.2. The zero-order valence-corrected chi connectivity index (χ0v) is 15.4. The van der Waals surface area contributed by atoms with Gasteiger partial charge in [-0.25, -0.2) is 26.3 Å². The first-order chi connectivity index (χ1) is 12.6. The maximum Gasteiger partial charge on any atom is 0.307 e. The Bertz CT molecular complexity index is 930. The number of halogens is 3. The summed E-state index contributed by atoms with van der Waals surface area (Å²) < 4.78 is 72.3. The molecule has 1 N–H and O–H groups in total. The number of benzene rings is 2. The number of methoxy groups -OCH3 is 1. The molecular formula is C18H18F3NO4S. The summed E-state index contributed by atoms with van der Waals surface area (Å²) >= 11 is 0. The predicted octanol–water partition coefficient (Wildman–Crippen LogP) is 2.87. The highest BCUT2D eigenvalue weighted by Crippen LogP contribution is 2.18. The van der Waals surface area contributed by atoms with Gasteiger partial charge < -0.3 is 4.74 Å². The lowest BCUT2D eigenvalue weighted by molar-refractivity contribution is -0.141. The van der Waals surface area contributed by atoms with E-state index < -0.39 is 45.9 Å². The second kappa shape index (κ2) is 8.53. The van der Waals surface area contributed by atoms with Gasteiger partial charge in [0.15, 0.2) is 11.6 Å². The van der Waals surface area contributed by atoms with E-state index in [-0.39, 0.29) is 16.9 Å². The first-order valence-corrected chi connectivity index (χ1v) is 9.40. The van der Waals surface area contributed by atoms with Crippen LogP contribution in [0.25, 0.3) is 0 Å². The third-order valence-corrected chi connectivity index (χ3v) is 5.39. The summed E-state index contributed by atoms with van der Waals surface area (Å²) in [5.41, 5.74) is 0.582. The van der Waals surface area contributed by atoms with E-state index in [0.29, 0.717) is 12.1 Å². The van der Waals surface area contributed by atoms with Crippen molar-refractivity contribution in [2.24, 2.45) is 0 Å². The van der Waals surface area contributed by atoms with Crippen molar-refractivity contribution in [3.05, 3.63) is 65.0 Å². The first kappa shape index (κ1) is 20.9. The van der Waals surface area contributed by atoms with Crippen LogP contribution in [0.5, 0.6) is 0 Å². The number of sulfonamides is 1. The molecule has 0 aliphatic heterocycles. The molecule has 0 spiro atoms. The third kappa shape index (κ3) is 5.54. The van der Waals surface area contributed by atoms with Crippen molar-refractivity contribution in [2.45, 2.75) is 30.7 Å². The van der Waals surface area contributed by atoms with Gasteiger partial charge in [-0.15, -0.1) is 0 Å². The van der Waals surface area contributed by atoms with Gasteiger partial charge in [-0.2, -0.15) is 0 Å². The molecule has 27 heavy (non-hydrogen) atoms. The van der Waals surface area contributed by atoms with E-state index in [0.717, 1.165) is 12.7 Å². The fourth-order valence-electron chi connectivity index (χ4n) is 2.43. The Morgan fingerprint density at radius 1 is 1.07 bits per heavy atom. The average Bonchev–Trinajstić information content (AvgIpc) is 2.59. The summed E-state index contributed by atoms with van der Waals surface area (Å²) in [6.45, 7) is 1.79. The molecule has 0 heterocycles. The molecule has 0 radical (unpaired) electrons. The maximum atomic E-state index is 13.9. The molecule has 146 valence electrons. The lowest BCUT2D eigenvalue weighted by Crippen LogP contribution is -2.38. The van der Waals surface area contributed by atoms with Gasteiger partial charge in [0.2, 0.25) is 10.0 Å². The van der Waals surface area contributed by atoms with Crippen molar-refractivity contribution >= 4 is 16.0 Å². The van der Waals surface area contributed by atoms with E-state index in [2.05, 4.69) is 9.46 Å². The summed E-state index contributed by atoms with van der Waals surface area (Å²) in [6, 6.07) is 5.83. The van der Waals surface area contributed by atoms with Crippen LogP contribution in [0.4, 0.5) is 13.2 Å². The molecule has 0 saturated heterocycles. The number of nitrogens with one attached hydrogen (secondary N) is 1. The summed E-state index contributed by atoms with van der Waals surface area (Å²) in [6.07, 6.45) is -0.788. The van der Waals surface area contributed by atoms with Crippen LogP contribution in [0.15, 0.2) is 41.3 Å². The monoisotopic (exact) mass is 401 g/mol. The number of hydrogen-bond donors (Lipinski definition) is 1. The zero-order chi connectivity index (χ0) is 20.2. The normalized spacial score (nSPS) is 12.6. The fourth-order valence-corrected chi connectivity index (χ4v) is 3.67. The number of esters is 1. The van der Waals surface area contributed by atoms with E-state index in [4.69, 9.17) is 0 Å². The Kier molecular flexibility index (Phi) is 6.61. The van der Waals surface area contributed by atoms with Crippen LogP contribution in [0.3, 0.4) is 0 Å². The topological polar surface area (TPSA) is 72.5 Å². The Morgan fingerprint density at radius 3 is 2.26 bits per heavy atom. The van der Waals surface area contributed by atoms with E-state index in [1.807, 2.05) is 0 Å². The predicted molar refractivity (Wildman–Crippen MR) is 91.9 cm³/mol. The van der Waals surface area contributed by atoms with Crippen LogP contribution in [0.1, 0.15) is 17.5 Å². The van der Waals surface area contributed by atoms with Crippen molar-refractivity contribution in [1.29, 1.82) is 0 Å². The number of rotatable bonds is 7. The first-order valence-electron chi connectivity index (χ1n) is 7.91. The maximum absolute atomic E-state index is 13.9. The van der Waals surface area contributed by atoms with Crippen molar-refractivity contribution in [3.8, 4) is 0 Å². The van der Waals surface area contributed by atoms with Gasteiger partial charge in [0, 0.05) is 12.1 Å². The van der Waals surface area contributed by atoms with Gasteiger partial charge in [0.25, 0.3) is 0 Å². The summed E-state index contributed by atoms with van der Waals surface area (Å²) in [7, 11) is -2.91. The highest BCUT2D eigenvalue weighted by molar-refractivity contribution is 7.89. The minimum Gasteiger partial charge on any atom is -0.469 e. The molecule has 9 heteroatoms. The number of carbonyl (C=O) groups is 1. The van der Waals surface area contributed by atoms with Gasteiger partial charge in [-0.05, 0) is 37.1 Å². The lowest BCUT2D eigenvalue weighted by Gasteiger charge is -2.18. The summed E-state index contributed by atoms with van der Waals surface area (Å²) in [5.74, 6) is -4.42. The van der Waals surface area contributed by atoms with E-state index in [1.54, 1.807) is 19.1 Å². The molecule has 0 aliphatic rings. The molecule has 0 unspecified atom stereocenters. The van der Waals surface area contributed by atoms with E-state index >= 15 is 0 Å². The molecule has 0 aromatic heterocycles. The largest absolute Gasteiger partial charge is 0.469 e. The average molecular weight is 401 g/mol. The molecular weight excluding hydrogens is 383 g/mol. The number of aryl methyl sites for hydroxylation is 1. The molecule has 1 atom stereocenters. The van der Waals surface area contributed by atoms with Crippen molar-refractivity contribution in [1.82, 2.24) is 4.72 Å². The zero-order valence-electron chi connectivity index (χ0n) is 14.6. The van der Waals surface area contributed by atoms with Crippen LogP contribution in [-0.2, 0) is 26.0 Å². The van der Waals surface area contributed by atoms with Gasteiger partial charge in [0.1, 0.15) is 5.82 Å². The van der Waals surface area contributed by atoms with Crippen LogP contribution < -0.4 is 4.72 Å². The Labute approximate surface area is 155 Å².